The Bertz CT molecular complexity index is 820. The van der Waals surface area contributed by atoms with Gasteiger partial charge < -0.3 is 10.0 Å². The molecule has 132 valence electrons. The lowest BCUT2D eigenvalue weighted by Gasteiger charge is -2.53. The van der Waals surface area contributed by atoms with Gasteiger partial charge in [-0.1, -0.05) is 23.1 Å². The molecule has 0 spiro atoms. The molecular formula is C15H16N4O4S2. The standard InChI is InChI=1S/C15H16N4O4S2/c1-6-16-17-15(25-6)24-5-9-8-3-4-18(7(2)20)12-10(8)19(13(12)21)11(9)14(22)23/h8,10,12H,3-5H2,1-2H3,(H,22,23)/t8?,10-,12+/m1/s1. The van der Waals surface area contributed by atoms with Crippen LogP contribution in [0, 0.1) is 12.8 Å². The van der Waals surface area contributed by atoms with Crippen LogP contribution in [0.25, 0.3) is 0 Å². The molecule has 1 N–H and O–H groups in total. The van der Waals surface area contributed by atoms with Crippen LogP contribution in [-0.2, 0) is 14.4 Å². The van der Waals surface area contributed by atoms with Crippen molar-refractivity contribution in [1.29, 1.82) is 0 Å². The van der Waals surface area contributed by atoms with Crippen LogP contribution in [0.4, 0.5) is 0 Å². The molecule has 0 bridgehead atoms. The quantitative estimate of drug-likeness (QED) is 0.607. The van der Waals surface area contributed by atoms with E-state index in [0.29, 0.717) is 18.7 Å². The molecule has 0 aromatic carbocycles. The van der Waals surface area contributed by atoms with E-state index in [4.69, 9.17) is 0 Å². The average molecular weight is 380 g/mol. The molecule has 0 saturated carbocycles. The van der Waals surface area contributed by atoms with Gasteiger partial charge in [-0.05, 0) is 18.9 Å². The molecule has 3 aliphatic rings. The summed E-state index contributed by atoms with van der Waals surface area (Å²) >= 11 is 2.91. The van der Waals surface area contributed by atoms with Gasteiger partial charge in [-0.25, -0.2) is 4.79 Å². The van der Waals surface area contributed by atoms with Crippen LogP contribution < -0.4 is 0 Å². The molecule has 1 aromatic rings. The lowest BCUT2D eigenvalue weighted by atomic mass is 9.78. The van der Waals surface area contributed by atoms with Gasteiger partial charge in [0.15, 0.2) is 4.34 Å². The normalized spacial score (nSPS) is 27.4. The monoisotopic (exact) mass is 380 g/mol. The van der Waals surface area contributed by atoms with Crippen molar-refractivity contribution in [1.82, 2.24) is 20.0 Å². The minimum atomic E-state index is -1.08. The smallest absolute Gasteiger partial charge is 0.352 e. The Kier molecular flexibility index (Phi) is 3.84. The summed E-state index contributed by atoms with van der Waals surface area (Å²) in [4.78, 5) is 39.1. The van der Waals surface area contributed by atoms with Crippen LogP contribution in [0.3, 0.4) is 0 Å². The van der Waals surface area contributed by atoms with Crippen molar-refractivity contribution in [3.8, 4) is 0 Å². The summed E-state index contributed by atoms with van der Waals surface area (Å²) < 4.78 is 0.785. The number of amides is 2. The molecule has 2 saturated heterocycles. The van der Waals surface area contributed by atoms with Gasteiger partial charge in [0, 0.05) is 25.1 Å². The Morgan fingerprint density at radius 1 is 1.40 bits per heavy atom. The van der Waals surface area contributed by atoms with Crippen molar-refractivity contribution in [2.75, 3.05) is 12.3 Å². The number of piperidine rings is 1. The molecule has 8 nitrogen and oxygen atoms in total. The van der Waals surface area contributed by atoms with E-state index in [1.165, 1.54) is 34.9 Å². The number of β-lactam (4-membered cyclic amide) rings is 1. The van der Waals surface area contributed by atoms with Crippen LogP contribution in [0.5, 0.6) is 0 Å². The summed E-state index contributed by atoms with van der Waals surface area (Å²) in [6.07, 6.45) is 0.673. The SMILES string of the molecule is CC(=O)N1CCC2C(CSc3nnc(C)s3)=C(C(=O)O)N3C(=O)[C@@H]1[C@@H]23. The molecule has 4 heterocycles. The molecule has 4 rings (SSSR count). The highest BCUT2D eigenvalue weighted by Crippen LogP contribution is 2.50. The highest BCUT2D eigenvalue weighted by Gasteiger charge is 2.63. The molecule has 10 heteroatoms. The number of aromatic nitrogens is 2. The number of carboxylic acid groups (broad SMARTS) is 1. The van der Waals surface area contributed by atoms with Crippen LogP contribution in [-0.4, -0.2) is 67.3 Å². The van der Waals surface area contributed by atoms with Crippen LogP contribution in [0.15, 0.2) is 15.6 Å². The molecule has 2 fully saturated rings. The minimum Gasteiger partial charge on any atom is -0.477 e. The van der Waals surface area contributed by atoms with Gasteiger partial charge in [0.1, 0.15) is 16.7 Å². The van der Waals surface area contributed by atoms with Crippen molar-refractivity contribution in [3.05, 3.63) is 16.3 Å². The zero-order chi connectivity index (χ0) is 17.9. The number of thioether (sulfide) groups is 1. The van der Waals surface area contributed by atoms with Crippen LogP contribution >= 0.6 is 23.1 Å². The number of carbonyl (C=O) groups is 3. The van der Waals surface area contributed by atoms with E-state index in [2.05, 4.69) is 10.2 Å². The second kappa shape index (κ2) is 5.80. The molecule has 25 heavy (non-hydrogen) atoms. The molecule has 1 unspecified atom stereocenters. The van der Waals surface area contributed by atoms with Gasteiger partial charge in [0.25, 0.3) is 5.91 Å². The first-order valence-corrected chi connectivity index (χ1v) is 9.70. The lowest BCUT2D eigenvalue weighted by Crippen LogP contribution is -2.73. The molecule has 1 aromatic heterocycles. The van der Waals surface area contributed by atoms with Gasteiger partial charge in [0.05, 0.1) is 6.04 Å². The van der Waals surface area contributed by atoms with Crippen molar-refractivity contribution in [2.45, 2.75) is 36.7 Å². The zero-order valence-corrected chi connectivity index (χ0v) is 15.3. The van der Waals surface area contributed by atoms with Crippen molar-refractivity contribution in [3.63, 3.8) is 0 Å². The van der Waals surface area contributed by atoms with Crippen molar-refractivity contribution in [2.24, 2.45) is 5.92 Å². The number of aliphatic carboxylic acids is 1. The Morgan fingerprint density at radius 3 is 2.76 bits per heavy atom. The number of hydrogen-bond donors (Lipinski definition) is 1. The molecule has 3 aliphatic heterocycles. The number of aryl methyl sites for hydroxylation is 1. The highest BCUT2D eigenvalue weighted by atomic mass is 32.2. The number of nitrogens with zero attached hydrogens (tertiary/aromatic N) is 4. The van der Waals surface area contributed by atoms with E-state index in [9.17, 15) is 19.5 Å². The zero-order valence-electron chi connectivity index (χ0n) is 13.6. The maximum atomic E-state index is 12.5. The van der Waals surface area contributed by atoms with Crippen LogP contribution in [0.2, 0.25) is 0 Å². The Labute approximate surface area is 151 Å². The minimum absolute atomic E-state index is 0.00841. The third-order valence-corrected chi connectivity index (χ3v) is 7.02. The Balaban J connectivity index is 1.63. The van der Waals surface area contributed by atoms with E-state index in [1.54, 1.807) is 4.90 Å². The van der Waals surface area contributed by atoms with Gasteiger partial charge in [-0.2, -0.15) is 0 Å². The number of likely N-dealkylation sites (tertiary alicyclic amines) is 1. The first-order chi connectivity index (χ1) is 11.9. The summed E-state index contributed by atoms with van der Waals surface area (Å²) in [7, 11) is 0. The maximum Gasteiger partial charge on any atom is 0.352 e. The van der Waals surface area contributed by atoms with Crippen LogP contribution in [0.1, 0.15) is 18.4 Å². The molecule has 0 aliphatic carbocycles. The summed E-state index contributed by atoms with van der Waals surface area (Å²) in [5.74, 6) is -1.05. The highest BCUT2D eigenvalue weighted by molar-refractivity contribution is 8.01. The Morgan fingerprint density at radius 2 is 2.16 bits per heavy atom. The average Bonchev–Trinajstić information content (AvgIpc) is 3.11. The third-order valence-electron chi connectivity index (χ3n) is 5.00. The van der Waals surface area contributed by atoms with E-state index in [0.717, 1.165) is 14.9 Å². The number of carbonyl (C=O) groups excluding carboxylic acids is 2. The fraction of sp³-hybridized carbons (Fsp3) is 0.533. The molecule has 3 atom stereocenters. The second-order valence-electron chi connectivity index (χ2n) is 6.31. The van der Waals surface area contributed by atoms with Gasteiger partial charge in [-0.3, -0.25) is 14.5 Å². The summed E-state index contributed by atoms with van der Waals surface area (Å²) in [6, 6.07) is -0.750. The predicted molar refractivity (Wildman–Crippen MR) is 89.9 cm³/mol. The van der Waals surface area contributed by atoms with Gasteiger partial charge in [0.2, 0.25) is 5.91 Å². The summed E-state index contributed by atoms with van der Waals surface area (Å²) in [6.45, 7) is 3.80. The summed E-state index contributed by atoms with van der Waals surface area (Å²) in [5, 5.41) is 18.5. The van der Waals surface area contributed by atoms with Crippen molar-refractivity contribution >= 4 is 40.9 Å². The first kappa shape index (κ1) is 16.5. The van der Waals surface area contributed by atoms with Gasteiger partial charge in [-0.15, -0.1) is 10.2 Å². The third kappa shape index (κ3) is 2.38. The van der Waals surface area contributed by atoms with E-state index in [-0.39, 0.29) is 29.5 Å². The van der Waals surface area contributed by atoms with E-state index in [1.807, 2.05) is 6.92 Å². The van der Waals surface area contributed by atoms with Gasteiger partial charge >= 0.3 is 5.97 Å². The maximum absolute atomic E-state index is 12.5. The summed E-state index contributed by atoms with van der Waals surface area (Å²) in [5.41, 5.74) is 0.866. The first-order valence-electron chi connectivity index (χ1n) is 7.89. The second-order valence-corrected chi connectivity index (χ2v) is 8.71. The predicted octanol–water partition coefficient (Wildman–Crippen LogP) is 0.739. The number of rotatable bonds is 4. The fourth-order valence-corrected chi connectivity index (χ4v) is 5.93. The Hall–Kier alpha value is -1.94. The van der Waals surface area contributed by atoms with E-state index < -0.39 is 12.0 Å². The fourth-order valence-electron chi connectivity index (χ4n) is 4.02. The molecule has 2 amide bonds. The largest absolute Gasteiger partial charge is 0.477 e. The lowest BCUT2D eigenvalue weighted by molar-refractivity contribution is -0.168. The molecule has 0 radical (unpaired) electrons. The van der Waals surface area contributed by atoms with E-state index >= 15 is 0 Å². The number of carboxylic acids is 1. The number of hydrogen-bond acceptors (Lipinski definition) is 7. The van der Waals surface area contributed by atoms with Crippen molar-refractivity contribution < 1.29 is 19.5 Å². The topological polar surface area (TPSA) is 104 Å². The molecular weight excluding hydrogens is 364 g/mol.